The van der Waals surface area contributed by atoms with Crippen molar-refractivity contribution >= 4 is 27.5 Å². The number of hydrogen-bond donors (Lipinski definition) is 2. The van der Waals surface area contributed by atoms with Gasteiger partial charge in [-0.2, -0.15) is 5.10 Å². The fourth-order valence-corrected chi connectivity index (χ4v) is 4.75. The molecule has 0 unspecified atom stereocenters. The van der Waals surface area contributed by atoms with Crippen molar-refractivity contribution in [2.45, 2.75) is 38.6 Å². The Hall–Kier alpha value is -3.60. The van der Waals surface area contributed by atoms with Crippen LogP contribution in [0.25, 0.3) is 0 Å². The molecule has 0 amide bonds. The van der Waals surface area contributed by atoms with Crippen molar-refractivity contribution in [2.24, 2.45) is 0 Å². The lowest BCUT2D eigenvalue weighted by Gasteiger charge is -2.22. The first-order valence-electron chi connectivity index (χ1n) is 10.7. The molecule has 0 fully saturated rings. The Morgan fingerprint density at radius 2 is 1.91 bits per heavy atom. The summed E-state index contributed by atoms with van der Waals surface area (Å²) in [5.74, 6) is -0.365. The molecule has 10 nitrogen and oxygen atoms in total. The van der Waals surface area contributed by atoms with Gasteiger partial charge < -0.3 is 14.7 Å². The van der Waals surface area contributed by atoms with Crippen molar-refractivity contribution in [1.29, 1.82) is 0 Å². The Morgan fingerprint density at radius 3 is 2.47 bits per heavy atom. The second-order valence-corrected chi connectivity index (χ2v) is 9.50. The van der Waals surface area contributed by atoms with E-state index in [1.807, 2.05) is 25.5 Å². The zero-order chi connectivity index (χ0) is 25.0. The average molecular weight is 488 g/mol. The molecule has 2 N–H and O–H groups in total. The summed E-state index contributed by atoms with van der Waals surface area (Å²) in [6.07, 6.45) is 1.88. The summed E-state index contributed by atoms with van der Waals surface area (Å²) in [6.45, 7) is 7.31. The number of ether oxygens (including phenoxy) is 1. The normalized spacial score (nSPS) is 11.3. The first kappa shape index (κ1) is 25.0. The number of likely N-dealkylation sites (N-methyl/N-ethyl adjacent to an activating group) is 1. The molecule has 2 aromatic heterocycles. The van der Waals surface area contributed by atoms with Gasteiger partial charge in [0.2, 0.25) is 0 Å². The highest BCUT2D eigenvalue weighted by atomic mass is 32.2. The summed E-state index contributed by atoms with van der Waals surface area (Å²) in [5, 5.41) is 13.9. The maximum Gasteiger partial charge on any atom is 0.337 e. The van der Waals surface area contributed by atoms with Crippen molar-refractivity contribution in [3.05, 3.63) is 59.0 Å². The Balaban J connectivity index is 1.90. The second kappa shape index (κ2) is 10.1. The van der Waals surface area contributed by atoms with E-state index in [1.54, 1.807) is 11.9 Å². The molecule has 0 aliphatic rings. The van der Waals surface area contributed by atoms with Crippen LogP contribution in [0.15, 0.2) is 41.4 Å². The van der Waals surface area contributed by atoms with Gasteiger partial charge in [0.1, 0.15) is 5.75 Å². The molecule has 1 aromatic carbocycles. The maximum absolute atomic E-state index is 13.0. The number of carboxylic acids is 1. The van der Waals surface area contributed by atoms with E-state index in [0.717, 1.165) is 23.5 Å². The van der Waals surface area contributed by atoms with E-state index in [0.29, 0.717) is 24.5 Å². The van der Waals surface area contributed by atoms with E-state index in [2.05, 4.69) is 14.8 Å². The van der Waals surface area contributed by atoms with E-state index < -0.39 is 16.0 Å². The summed E-state index contributed by atoms with van der Waals surface area (Å²) in [6, 6.07) is 7.17. The van der Waals surface area contributed by atoms with Crippen LogP contribution in [0.5, 0.6) is 5.75 Å². The number of methoxy groups -OCH3 is 1. The number of carbonyl (C=O) groups is 1. The van der Waals surface area contributed by atoms with Crippen molar-refractivity contribution in [2.75, 3.05) is 30.3 Å². The molecule has 3 aromatic rings. The number of rotatable bonds is 10. The Bertz CT molecular complexity index is 1290. The summed E-state index contributed by atoms with van der Waals surface area (Å²) >= 11 is 0. The fourth-order valence-electron chi connectivity index (χ4n) is 3.70. The van der Waals surface area contributed by atoms with Gasteiger partial charge in [-0.25, -0.2) is 18.2 Å². The van der Waals surface area contributed by atoms with Crippen LogP contribution in [0.2, 0.25) is 0 Å². The lowest BCUT2D eigenvalue weighted by Crippen LogP contribution is -2.25. The van der Waals surface area contributed by atoms with Gasteiger partial charge in [-0.15, -0.1) is 0 Å². The predicted octanol–water partition coefficient (Wildman–Crippen LogP) is 3.10. The SMILES string of the molecule is CCn1nc(C)c(CCN(C)c2ncc(C(=O)O)cc2NS(=O)(=O)c2ccc(OC)cc2)c1C. The largest absolute Gasteiger partial charge is 0.497 e. The predicted molar refractivity (Wildman–Crippen MR) is 129 cm³/mol. The number of nitrogens with zero attached hydrogens (tertiary/aromatic N) is 4. The Kier molecular flexibility index (Phi) is 7.45. The number of benzene rings is 1. The highest BCUT2D eigenvalue weighted by Crippen LogP contribution is 2.28. The number of nitrogens with one attached hydrogen (secondary N) is 1. The molecule has 0 bridgehead atoms. The third-order valence-corrected chi connectivity index (χ3v) is 7.00. The van der Waals surface area contributed by atoms with Gasteiger partial charge in [-0.1, -0.05) is 0 Å². The van der Waals surface area contributed by atoms with Gasteiger partial charge >= 0.3 is 5.97 Å². The molecule has 0 aliphatic heterocycles. The van der Waals surface area contributed by atoms with Gasteiger partial charge in [-0.05, 0) is 63.1 Å². The highest BCUT2D eigenvalue weighted by molar-refractivity contribution is 7.92. The maximum atomic E-state index is 13.0. The van der Waals surface area contributed by atoms with Gasteiger partial charge in [0.25, 0.3) is 10.0 Å². The van der Waals surface area contributed by atoms with Gasteiger partial charge in [0.15, 0.2) is 5.82 Å². The molecule has 2 heterocycles. The van der Waals surface area contributed by atoms with E-state index in [1.165, 1.54) is 43.6 Å². The van der Waals surface area contributed by atoms with Crippen LogP contribution in [0.4, 0.5) is 11.5 Å². The number of aromatic nitrogens is 3. The minimum Gasteiger partial charge on any atom is -0.497 e. The fraction of sp³-hybridized carbons (Fsp3) is 0.348. The van der Waals surface area contributed by atoms with E-state index >= 15 is 0 Å². The third-order valence-electron chi connectivity index (χ3n) is 5.62. The first-order valence-corrected chi connectivity index (χ1v) is 12.2. The first-order chi connectivity index (χ1) is 16.1. The number of pyridine rings is 1. The molecule has 34 heavy (non-hydrogen) atoms. The molecule has 0 aliphatic carbocycles. The summed E-state index contributed by atoms with van der Waals surface area (Å²) in [7, 11) is -0.726. The Labute approximate surface area is 199 Å². The quantitative estimate of drug-likeness (QED) is 0.447. The molecule has 3 rings (SSSR count). The van der Waals surface area contributed by atoms with Crippen LogP contribution in [0.1, 0.15) is 34.2 Å². The summed E-state index contributed by atoms with van der Waals surface area (Å²) < 4.78 is 35.5. The van der Waals surface area contributed by atoms with Gasteiger partial charge in [0, 0.05) is 32.0 Å². The van der Waals surface area contributed by atoms with Crippen molar-refractivity contribution in [1.82, 2.24) is 14.8 Å². The van der Waals surface area contributed by atoms with Crippen LogP contribution < -0.4 is 14.4 Å². The molecular weight excluding hydrogens is 458 g/mol. The summed E-state index contributed by atoms with van der Waals surface area (Å²) in [5.41, 5.74) is 3.11. The standard InChI is InChI=1S/C23H29N5O5S/c1-6-28-16(3)20(15(2)25-28)11-12-27(4)22-21(13-17(14-24-22)23(29)30)26-34(31,32)19-9-7-18(33-5)8-10-19/h7-10,13-14,26H,6,11-12H2,1-5H3,(H,29,30). The van der Waals surface area contributed by atoms with Crippen LogP contribution in [0.3, 0.4) is 0 Å². The molecule has 0 saturated heterocycles. The monoisotopic (exact) mass is 487 g/mol. The van der Waals surface area contributed by atoms with Crippen LogP contribution in [-0.2, 0) is 23.0 Å². The number of hydrogen-bond acceptors (Lipinski definition) is 7. The number of aryl methyl sites for hydroxylation is 2. The Morgan fingerprint density at radius 1 is 1.24 bits per heavy atom. The lowest BCUT2D eigenvalue weighted by atomic mass is 10.1. The zero-order valence-electron chi connectivity index (χ0n) is 19.9. The summed E-state index contributed by atoms with van der Waals surface area (Å²) in [4.78, 5) is 17.6. The molecule has 11 heteroatoms. The van der Waals surface area contributed by atoms with Crippen LogP contribution in [0, 0.1) is 13.8 Å². The molecule has 0 saturated carbocycles. The van der Waals surface area contributed by atoms with Crippen molar-refractivity contribution in [3.8, 4) is 5.75 Å². The highest BCUT2D eigenvalue weighted by Gasteiger charge is 2.21. The molecular formula is C23H29N5O5S. The molecule has 0 radical (unpaired) electrons. The van der Waals surface area contributed by atoms with E-state index in [4.69, 9.17) is 4.74 Å². The number of anilines is 2. The van der Waals surface area contributed by atoms with Crippen LogP contribution in [-0.4, -0.2) is 55.0 Å². The topological polar surface area (TPSA) is 127 Å². The minimum absolute atomic E-state index is 0.0147. The van der Waals surface area contributed by atoms with Crippen molar-refractivity contribution < 1.29 is 23.1 Å². The van der Waals surface area contributed by atoms with Crippen LogP contribution >= 0.6 is 0 Å². The molecule has 182 valence electrons. The molecule has 0 spiro atoms. The van der Waals surface area contributed by atoms with E-state index in [-0.39, 0.29) is 16.1 Å². The van der Waals surface area contributed by atoms with Gasteiger partial charge in [0.05, 0.1) is 29.0 Å². The number of aromatic carboxylic acids is 1. The lowest BCUT2D eigenvalue weighted by molar-refractivity contribution is 0.0696. The average Bonchev–Trinajstić information content (AvgIpc) is 3.09. The number of carboxylic acid groups (broad SMARTS) is 1. The molecule has 0 atom stereocenters. The van der Waals surface area contributed by atoms with E-state index in [9.17, 15) is 18.3 Å². The minimum atomic E-state index is -4.00. The second-order valence-electron chi connectivity index (χ2n) is 7.82. The zero-order valence-corrected chi connectivity index (χ0v) is 20.7. The number of sulfonamides is 1. The smallest absolute Gasteiger partial charge is 0.337 e. The van der Waals surface area contributed by atoms with Gasteiger partial charge in [-0.3, -0.25) is 9.40 Å². The van der Waals surface area contributed by atoms with Crippen molar-refractivity contribution in [3.63, 3.8) is 0 Å². The third kappa shape index (κ3) is 5.30.